The van der Waals surface area contributed by atoms with Crippen LogP contribution >= 0.6 is 0 Å². The molecule has 1 nitrogen and oxygen atoms in total. The summed E-state index contributed by atoms with van der Waals surface area (Å²) in [6.45, 7) is 4.50. The van der Waals surface area contributed by atoms with E-state index in [1.54, 1.807) is 0 Å². The van der Waals surface area contributed by atoms with Crippen molar-refractivity contribution in [3.8, 4) is 0 Å². The average Bonchev–Trinajstić information content (AvgIpc) is 2.34. The van der Waals surface area contributed by atoms with Crippen molar-refractivity contribution in [2.45, 2.75) is 96.5 Å². The Kier molecular flexibility index (Phi) is 7.18. The lowest BCUT2D eigenvalue weighted by Crippen LogP contribution is -2.40. The van der Waals surface area contributed by atoms with Crippen molar-refractivity contribution in [2.75, 3.05) is 0 Å². The van der Waals surface area contributed by atoms with Crippen LogP contribution in [0.1, 0.15) is 90.9 Å². The van der Waals surface area contributed by atoms with Crippen molar-refractivity contribution in [1.82, 2.24) is 0 Å². The largest absolute Gasteiger partial charge is 0.390 e. The van der Waals surface area contributed by atoms with Gasteiger partial charge in [0.15, 0.2) is 0 Å². The molecule has 0 radical (unpaired) electrons. The molecule has 17 heavy (non-hydrogen) atoms. The predicted molar refractivity (Wildman–Crippen MR) is 75.2 cm³/mol. The van der Waals surface area contributed by atoms with Gasteiger partial charge in [-0.2, -0.15) is 0 Å². The van der Waals surface area contributed by atoms with Gasteiger partial charge in [-0.3, -0.25) is 0 Å². The minimum Gasteiger partial charge on any atom is -0.390 e. The summed E-state index contributed by atoms with van der Waals surface area (Å²) in [6.07, 6.45) is 15.1. The maximum Gasteiger partial charge on any atom is 0.0675 e. The van der Waals surface area contributed by atoms with E-state index in [1.807, 2.05) is 0 Å². The molecule has 102 valence electrons. The molecule has 1 rings (SSSR count). The normalized spacial score (nSPS) is 29.5. The molecule has 1 aliphatic carbocycles. The Balaban J connectivity index is 2.18. The Hall–Kier alpha value is -0.0400. The van der Waals surface area contributed by atoms with Crippen molar-refractivity contribution < 1.29 is 5.11 Å². The third kappa shape index (κ3) is 4.99. The Labute approximate surface area is 108 Å². The molecule has 0 amide bonds. The number of rotatable bonds is 8. The van der Waals surface area contributed by atoms with E-state index in [1.165, 1.54) is 57.8 Å². The maximum absolute atomic E-state index is 10.7. The standard InChI is InChI=1S/C16H32O/c1-3-5-6-7-8-10-13-16(17)14-11-9-12-15(16)4-2/h15,17H,3-14H2,1-2H3. The maximum atomic E-state index is 10.7. The zero-order valence-corrected chi connectivity index (χ0v) is 12.0. The first-order valence-electron chi connectivity index (χ1n) is 7.95. The lowest BCUT2D eigenvalue weighted by atomic mass is 9.71. The molecule has 1 heteroatoms. The molecule has 2 atom stereocenters. The van der Waals surface area contributed by atoms with E-state index in [0.29, 0.717) is 5.92 Å². The molecular weight excluding hydrogens is 208 g/mol. The Morgan fingerprint density at radius 1 is 1.00 bits per heavy atom. The van der Waals surface area contributed by atoms with E-state index in [-0.39, 0.29) is 5.60 Å². The van der Waals surface area contributed by atoms with Crippen molar-refractivity contribution in [3.05, 3.63) is 0 Å². The first-order valence-corrected chi connectivity index (χ1v) is 7.95. The highest BCUT2D eigenvalue weighted by Crippen LogP contribution is 2.39. The van der Waals surface area contributed by atoms with Crippen LogP contribution in [0.15, 0.2) is 0 Å². The summed E-state index contributed by atoms with van der Waals surface area (Å²) < 4.78 is 0. The van der Waals surface area contributed by atoms with E-state index in [0.717, 1.165) is 19.3 Å². The zero-order valence-electron chi connectivity index (χ0n) is 12.0. The van der Waals surface area contributed by atoms with Gasteiger partial charge in [0.25, 0.3) is 0 Å². The van der Waals surface area contributed by atoms with Gasteiger partial charge >= 0.3 is 0 Å². The van der Waals surface area contributed by atoms with E-state index in [2.05, 4.69) is 13.8 Å². The molecule has 0 aromatic carbocycles. The number of aliphatic hydroxyl groups is 1. The minimum absolute atomic E-state index is 0.308. The van der Waals surface area contributed by atoms with Crippen molar-refractivity contribution in [1.29, 1.82) is 0 Å². The molecule has 1 aliphatic rings. The fourth-order valence-electron chi connectivity index (χ4n) is 3.42. The van der Waals surface area contributed by atoms with Gasteiger partial charge in [0.2, 0.25) is 0 Å². The fraction of sp³-hybridized carbons (Fsp3) is 1.00. The van der Waals surface area contributed by atoms with Crippen LogP contribution in [0.4, 0.5) is 0 Å². The Morgan fingerprint density at radius 2 is 1.71 bits per heavy atom. The highest BCUT2D eigenvalue weighted by atomic mass is 16.3. The first-order chi connectivity index (χ1) is 8.23. The highest BCUT2D eigenvalue weighted by Gasteiger charge is 2.36. The SMILES string of the molecule is CCCCCCCCC1(O)CCCCC1CC. The van der Waals surface area contributed by atoms with Crippen molar-refractivity contribution in [2.24, 2.45) is 5.92 Å². The molecule has 0 aromatic heterocycles. The van der Waals surface area contributed by atoms with E-state index in [4.69, 9.17) is 0 Å². The Morgan fingerprint density at radius 3 is 2.41 bits per heavy atom. The van der Waals surface area contributed by atoms with E-state index >= 15 is 0 Å². The molecule has 1 N–H and O–H groups in total. The van der Waals surface area contributed by atoms with Crippen molar-refractivity contribution >= 4 is 0 Å². The van der Waals surface area contributed by atoms with Crippen LogP contribution in [-0.2, 0) is 0 Å². The smallest absolute Gasteiger partial charge is 0.0675 e. The third-order valence-corrected chi connectivity index (χ3v) is 4.63. The molecule has 0 heterocycles. The van der Waals surface area contributed by atoms with Gasteiger partial charge in [-0.1, -0.05) is 71.6 Å². The third-order valence-electron chi connectivity index (χ3n) is 4.63. The second-order valence-corrected chi connectivity index (χ2v) is 5.97. The number of unbranched alkanes of at least 4 members (excludes halogenated alkanes) is 5. The van der Waals surface area contributed by atoms with Gasteiger partial charge in [-0.05, 0) is 25.2 Å². The molecule has 0 spiro atoms. The summed E-state index contributed by atoms with van der Waals surface area (Å²) in [5.74, 6) is 0.576. The average molecular weight is 240 g/mol. The van der Waals surface area contributed by atoms with Gasteiger partial charge in [-0.25, -0.2) is 0 Å². The molecule has 0 bridgehead atoms. The molecular formula is C16H32O. The van der Waals surface area contributed by atoms with Crippen molar-refractivity contribution in [3.63, 3.8) is 0 Å². The van der Waals surface area contributed by atoms with Crippen LogP contribution < -0.4 is 0 Å². The van der Waals surface area contributed by atoms with Crippen LogP contribution in [0.3, 0.4) is 0 Å². The van der Waals surface area contributed by atoms with Gasteiger partial charge < -0.3 is 5.11 Å². The molecule has 2 unspecified atom stereocenters. The van der Waals surface area contributed by atoms with E-state index < -0.39 is 0 Å². The zero-order chi connectivity index (χ0) is 12.6. The van der Waals surface area contributed by atoms with Crippen LogP contribution in [0, 0.1) is 5.92 Å². The lowest BCUT2D eigenvalue weighted by molar-refractivity contribution is -0.0579. The number of hydrogen-bond acceptors (Lipinski definition) is 1. The second-order valence-electron chi connectivity index (χ2n) is 5.97. The molecule has 0 saturated heterocycles. The lowest BCUT2D eigenvalue weighted by Gasteiger charge is -2.40. The van der Waals surface area contributed by atoms with Gasteiger partial charge in [0, 0.05) is 0 Å². The summed E-state index contributed by atoms with van der Waals surface area (Å²) >= 11 is 0. The summed E-state index contributed by atoms with van der Waals surface area (Å²) in [5, 5.41) is 10.7. The summed E-state index contributed by atoms with van der Waals surface area (Å²) in [4.78, 5) is 0. The molecule has 0 aliphatic heterocycles. The molecule has 0 aromatic rings. The van der Waals surface area contributed by atoms with Gasteiger partial charge in [-0.15, -0.1) is 0 Å². The second kappa shape index (κ2) is 8.13. The summed E-state index contributed by atoms with van der Waals surface area (Å²) in [6, 6.07) is 0. The van der Waals surface area contributed by atoms with Crippen LogP contribution in [0.5, 0.6) is 0 Å². The fourth-order valence-corrected chi connectivity index (χ4v) is 3.42. The summed E-state index contributed by atoms with van der Waals surface area (Å²) in [7, 11) is 0. The Bertz CT molecular complexity index is 190. The van der Waals surface area contributed by atoms with Gasteiger partial charge in [0.05, 0.1) is 5.60 Å². The monoisotopic (exact) mass is 240 g/mol. The highest BCUT2D eigenvalue weighted by molar-refractivity contribution is 4.89. The van der Waals surface area contributed by atoms with Crippen LogP contribution in [0.2, 0.25) is 0 Å². The first kappa shape index (κ1) is 15.0. The topological polar surface area (TPSA) is 20.2 Å². The van der Waals surface area contributed by atoms with Crippen LogP contribution in [-0.4, -0.2) is 10.7 Å². The molecule has 1 fully saturated rings. The molecule has 1 saturated carbocycles. The summed E-state index contributed by atoms with van der Waals surface area (Å²) in [5.41, 5.74) is -0.308. The number of hydrogen-bond donors (Lipinski definition) is 1. The predicted octanol–water partition coefficient (Wildman–Crippen LogP) is 5.07. The van der Waals surface area contributed by atoms with Crippen LogP contribution in [0.25, 0.3) is 0 Å². The quantitative estimate of drug-likeness (QED) is 0.587. The van der Waals surface area contributed by atoms with E-state index in [9.17, 15) is 5.11 Å². The van der Waals surface area contributed by atoms with Gasteiger partial charge in [0.1, 0.15) is 0 Å². The minimum atomic E-state index is -0.308.